The Hall–Kier alpha value is -3.18. The molecule has 1 atom stereocenters. The third-order valence-corrected chi connectivity index (χ3v) is 4.73. The van der Waals surface area contributed by atoms with Crippen molar-refractivity contribution in [1.29, 1.82) is 0 Å². The lowest BCUT2D eigenvalue weighted by Gasteiger charge is -2.20. The standard InChI is InChI=1S/C24H25FN2O2/c1-17-3-5-18(6-4-17)15-26-23(28)16-27-24(19-7-11-21(25)12-8-19)20-9-13-22(29-2)14-10-20/h3-14,24,27H,15-16H2,1-2H3,(H,26,28). The van der Waals surface area contributed by atoms with Crippen LogP contribution in [0, 0.1) is 12.7 Å². The number of benzene rings is 3. The summed E-state index contributed by atoms with van der Waals surface area (Å²) in [5, 5.41) is 6.20. The van der Waals surface area contributed by atoms with E-state index < -0.39 is 0 Å². The number of rotatable bonds is 8. The van der Waals surface area contributed by atoms with Crippen LogP contribution in [0.1, 0.15) is 28.3 Å². The van der Waals surface area contributed by atoms with Gasteiger partial charge in [0.25, 0.3) is 0 Å². The van der Waals surface area contributed by atoms with Crippen molar-refractivity contribution in [3.05, 3.63) is 101 Å². The van der Waals surface area contributed by atoms with Crippen LogP contribution in [0.15, 0.2) is 72.8 Å². The minimum absolute atomic E-state index is 0.105. The van der Waals surface area contributed by atoms with Gasteiger partial charge >= 0.3 is 0 Å². The Kier molecular flexibility index (Phi) is 6.98. The van der Waals surface area contributed by atoms with Gasteiger partial charge in [0, 0.05) is 6.54 Å². The zero-order valence-corrected chi connectivity index (χ0v) is 16.6. The molecule has 5 heteroatoms. The number of methoxy groups -OCH3 is 1. The van der Waals surface area contributed by atoms with Gasteiger partial charge in [-0.25, -0.2) is 4.39 Å². The summed E-state index contributed by atoms with van der Waals surface area (Å²) in [4.78, 5) is 12.4. The van der Waals surface area contributed by atoms with E-state index in [0.717, 1.165) is 22.4 Å². The molecule has 0 spiro atoms. The lowest BCUT2D eigenvalue weighted by molar-refractivity contribution is -0.120. The maximum Gasteiger partial charge on any atom is 0.234 e. The van der Waals surface area contributed by atoms with E-state index in [1.54, 1.807) is 19.2 Å². The van der Waals surface area contributed by atoms with Crippen molar-refractivity contribution in [3.63, 3.8) is 0 Å². The van der Waals surface area contributed by atoms with Crippen molar-refractivity contribution in [3.8, 4) is 5.75 Å². The Balaban J connectivity index is 1.66. The van der Waals surface area contributed by atoms with Crippen molar-refractivity contribution >= 4 is 5.91 Å². The van der Waals surface area contributed by atoms with E-state index in [0.29, 0.717) is 6.54 Å². The molecule has 29 heavy (non-hydrogen) atoms. The zero-order valence-electron chi connectivity index (χ0n) is 16.6. The van der Waals surface area contributed by atoms with Gasteiger partial charge in [0.1, 0.15) is 11.6 Å². The van der Waals surface area contributed by atoms with Gasteiger partial charge in [0.2, 0.25) is 5.91 Å². The predicted molar refractivity (Wildman–Crippen MR) is 112 cm³/mol. The fraction of sp³-hybridized carbons (Fsp3) is 0.208. The minimum Gasteiger partial charge on any atom is -0.497 e. The van der Waals surface area contributed by atoms with Crippen LogP contribution in [0.3, 0.4) is 0 Å². The van der Waals surface area contributed by atoms with E-state index in [2.05, 4.69) is 10.6 Å². The monoisotopic (exact) mass is 392 g/mol. The molecular formula is C24H25FN2O2. The SMILES string of the molecule is COc1ccc(C(NCC(=O)NCc2ccc(C)cc2)c2ccc(F)cc2)cc1. The van der Waals surface area contributed by atoms with E-state index >= 15 is 0 Å². The number of carbonyl (C=O) groups excluding carboxylic acids is 1. The highest BCUT2D eigenvalue weighted by Crippen LogP contribution is 2.24. The smallest absolute Gasteiger partial charge is 0.234 e. The molecule has 3 aromatic rings. The average molecular weight is 392 g/mol. The van der Waals surface area contributed by atoms with Crippen molar-refractivity contribution in [2.75, 3.05) is 13.7 Å². The van der Waals surface area contributed by atoms with Crippen LogP contribution in [0.5, 0.6) is 5.75 Å². The normalized spacial score (nSPS) is 11.7. The summed E-state index contributed by atoms with van der Waals surface area (Å²) >= 11 is 0. The summed E-state index contributed by atoms with van der Waals surface area (Å²) in [6, 6.07) is 21.7. The summed E-state index contributed by atoms with van der Waals surface area (Å²) in [7, 11) is 1.61. The summed E-state index contributed by atoms with van der Waals surface area (Å²) < 4.78 is 18.6. The number of carbonyl (C=O) groups is 1. The molecule has 1 unspecified atom stereocenters. The summed E-state index contributed by atoms with van der Waals surface area (Å²) in [5.74, 6) is 0.353. The maximum atomic E-state index is 13.4. The average Bonchev–Trinajstić information content (AvgIpc) is 2.75. The van der Waals surface area contributed by atoms with Gasteiger partial charge in [0.15, 0.2) is 0 Å². The first kappa shape index (κ1) is 20.6. The summed E-state index contributed by atoms with van der Waals surface area (Å²) in [5.41, 5.74) is 4.07. The predicted octanol–water partition coefficient (Wildman–Crippen LogP) is 4.14. The largest absolute Gasteiger partial charge is 0.497 e. The first-order valence-electron chi connectivity index (χ1n) is 9.50. The van der Waals surface area contributed by atoms with Crippen molar-refractivity contribution in [2.24, 2.45) is 0 Å². The molecule has 2 N–H and O–H groups in total. The Morgan fingerprint density at radius 2 is 1.52 bits per heavy atom. The molecule has 1 amide bonds. The van der Waals surface area contributed by atoms with E-state index in [4.69, 9.17) is 4.74 Å². The number of halogens is 1. The third kappa shape index (κ3) is 5.90. The molecule has 0 aromatic heterocycles. The molecule has 0 aliphatic carbocycles. The highest BCUT2D eigenvalue weighted by Gasteiger charge is 2.15. The zero-order chi connectivity index (χ0) is 20.6. The molecule has 0 radical (unpaired) electrons. The molecule has 0 aliphatic heterocycles. The molecule has 0 heterocycles. The fourth-order valence-electron chi connectivity index (χ4n) is 3.04. The quantitative estimate of drug-likeness (QED) is 0.606. The van der Waals surface area contributed by atoms with Crippen LogP contribution >= 0.6 is 0 Å². The molecule has 0 saturated heterocycles. The van der Waals surface area contributed by atoms with Crippen LogP contribution in [0.4, 0.5) is 4.39 Å². The molecule has 150 valence electrons. The van der Waals surface area contributed by atoms with Gasteiger partial charge in [-0.15, -0.1) is 0 Å². The van der Waals surface area contributed by atoms with Gasteiger partial charge in [-0.05, 0) is 47.9 Å². The molecule has 3 aromatic carbocycles. The van der Waals surface area contributed by atoms with Gasteiger partial charge in [0.05, 0.1) is 19.7 Å². The number of hydrogen-bond donors (Lipinski definition) is 2. The number of hydrogen-bond acceptors (Lipinski definition) is 3. The Morgan fingerprint density at radius 3 is 2.10 bits per heavy atom. The van der Waals surface area contributed by atoms with Gasteiger partial charge in [-0.3, -0.25) is 10.1 Å². The van der Waals surface area contributed by atoms with Crippen LogP contribution in [0.25, 0.3) is 0 Å². The van der Waals surface area contributed by atoms with E-state index in [1.165, 1.54) is 17.7 Å². The summed E-state index contributed by atoms with van der Waals surface area (Å²) in [6.45, 7) is 2.64. The maximum absolute atomic E-state index is 13.4. The third-order valence-electron chi connectivity index (χ3n) is 4.73. The number of ether oxygens (including phenoxy) is 1. The lowest BCUT2D eigenvalue weighted by Crippen LogP contribution is -2.35. The second-order valence-electron chi connectivity index (χ2n) is 6.90. The Labute approximate surface area is 170 Å². The van der Waals surface area contributed by atoms with Gasteiger partial charge in [-0.1, -0.05) is 54.1 Å². The van der Waals surface area contributed by atoms with E-state index in [1.807, 2.05) is 55.5 Å². The van der Waals surface area contributed by atoms with Crippen LogP contribution in [-0.4, -0.2) is 19.6 Å². The number of nitrogens with one attached hydrogen (secondary N) is 2. The van der Waals surface area contributed by atoms with Gasteiger partial charge < -0.3 is 10.1 Å². The Morgan fingerprint density at radius 1 is 0.931 bits per heavy atom. The molecule has 0 fully saturated rings. The van der Waals surface area contributed by atoms with Crippen molar-refractivity contribution in [2.45, 2.75) is 19.5 Å². The summed E-state index contributed by atoms with van der Waals surface area (Å²) in [6.07, 6.45) is 0. The molecule has 0 bridgehead atoms. The molecular weight excluding hydrogens is 367 g/mol. The second kappa shape index (κ2) is 9.85. The fourth-order valence-corrected chi connectivity index (χ4v) is 3.04. The van der Waals surface area contributed by atoms with Crippen LogP contribution in [0.2, 0.25) is 0 Å². The van der Waals surface area contributed by atoms with Crippen LogP contribution < -0.4 is 15.4 Å². The second-order valence-corrected chi connectivity index (χ2v) is 6.90. The highest BCUT2D eigenvalue weighted by atomic mass is 19.1. The lowest BCUT2D eigenvalue weighted by atomic mass is 9.98. The number of aryl methyl sites for hydroxylation is 1. The molecule has 3 rings (SSSR count). The van der Waals surface area contributed by atoms with E-state index in [9.17, 15) is 9.18 Å². The van der Waals surface area contributed by atoms with Crippen molar-refractivity contribution in [1.82, 2.24) is 10.6 Å². The first-order valence-corrected chi connectivity index (χ1v) is 9.50. The molecule has 4 nitrogen and oxygen atoms in total. The minimum atomic E-state index is -0.293. The highest BCUT2D eigenvalue weighted by molar-refractivity contribution is 5.78. The number of amides is 1. The van der Waals surface area contributed by atoms with Gasteiger partial charge in [-0.2, -0.15) is 0 Å². The Bertz CT molecular complexity index is 923. The molecule has 0 aliphatic rings. The molecule has 0 saturated carbocycles. The topological polar surface area (TPSA) is 50.4 Å². The van der Waals surface area contributed by atoms with E-state index in [-0.39, 0.29) is 24.3 Å². The van der Waals surface area contributed by atoms with Crippen molar-refractivity contribution < 1.29 is 13.9 Å². The van der Waals surface area contributed by atoms with Crippen LogP contribution in [-0.2, 0) is 11.3 Å². The first-order chi connectivity index (χ1) is 14.0.